The number of anilines is 2. The zero-order chi connectivity index (χ0) is 30.6. The zero-order valence-corrected chi connectivity index (χ0v) is 24.5. The summed E-state index contributed by atoms with van der Waals surface area (Å²) in [6.07, 6.45) is 1.42. The number of fused-ring (bicyclic) bond motifs is 1. The Kier molecular flexibility index (Phi) is 8.12. The fourth-order valence-corrected chi connectivity index (χ4v) is 5.42. The largest absolute Gasteiger partial charge is 0.490 e. The van der Waals surface area contributed by atoms with Crippen molar-refractivity contribution in [2.45, 2.75) is 13.5 Å². The molecule has 1 saturated heterocycles. The Morgan fingerprint density at radius 3 is 1.93 bits per heavy atom. The molecule has 0 N–H and O–H groups in total. The van der Waals surface area contributed by atoms with E-state index < -0.39 is 17.8 Å². The molecule has 7 nitrogen and oxygen atoms in total. The number of ether oxygens (including phenoxy) is 2. The van der Waals surface area contributed by atoms with Crippen LogP contribution in [0.25, 0.3) is 16.8 Å². The van der Waals surface area contributed by atoms with Crippen LogP contribution in [-0.4, -0.2) is 24.5 Å². The second-order valence-electron chi connectivity index (χ2n) is 9.98. The predicted molar refractivity (Wildman–Crippen MR) is 172 cm³/mol. The molecule has 44 heavy (non-hydrogen) atoms. The van der Waals surface area contributed by atoms with Crippen molar-refractivity contribution in [1.82, 2.24) is 0 Å². The lowest BCUT2D eigenvalue weighted by Gasteiger charge is -2.34. The van der Waals surface area contributed by atoms with E-state index in [9.17, 15) is 14.4 Å². The minimum absolute atomic E-state index is 0.208. The van der Waals surface area contributed by atoms with Gasteiger partial charge in [0.1, 0.15) is 12.2 Å². The van der Waals surface area contributed by atoms with Crippen LogP contribution < -0.4 is 19.3 Å². The van der Waals surface area contributed by atoms with Crippen LogP contribution in [0.2, 0.25) is 5.02 Å². The Morgan fingerprint density at radius 2 is 1.30 bits per heavy atom. The van der Waals surface area contributed by atoms with Crippen molar-refractivity contribution in [1.29, 1.82) is 0 Å². The van der Waals surface area contributed by atoms with E-state index in [2.05, 4.69) is 0 Å². The van der Waals surface area contributed by atoms with E-state index in [-0.39, 0.29) is 17.2 Å². The summed E-state index contributed by atoms with van der Waals surface area (Å²) in [4.78, 5) is 43.1. The number of halogens is 1. The van der Waals surface area contributed by atoms with E-state index in [1.54, 1.807) is 72.8 Å². The quantitative estimate of drug-likeness (QED) is 0.133. The van der Waals surface area contributed by atoms with Crippen molar-refractivity contribution in [2.75, 3.05) is 16.4 Å². The van der Waals surface area contributed by atoms with E-state index in [1.165, 1.54) is 6.08 Å². The fourth-order valence-electron chi connectivity index (χ4n) is 5.15. The third-order valence-corrected chi connectivity index (χ3v) is 7.45. The molecule has 0 unspecified atom stereocenters. The van der Waals surface area contributed by atoms with Crippen molar-refractivity contribution in [2.24, 2.45) is 0 Å². The zero-order valence-electron chi connectivity index (χ0n) is 23.8. The van der Waals surface area contributed by atoms with Gasteiger partial charge in [-0.15, -0.1) is 0 Å². The summed E-state index contributed by atoms with van der Waals surface area (Å²) in [7, 11) is 0. The summed E-state index contributed by atoms with van der Waals surface area (Å²) < 4.78 is 12.1. The van der Waals surface area contributed by atoms with Gasteiger partial charge in [0.25, 0.3) is 11.8 Å². The number of hydrogen-bond acceptors (Lipinski definition) is 5. The minimum Gasteiger partial charge on any atom is -0.490 e. The van der Waals surface area contributed by atoms with Gasteiger partial charge < -0.3 is 9.47 Å². The molecule has 0 radical (unpaired) electrons. The number of urea groups is 1. The number of imide groups is 2. The molecule has 0 bridgehead atoms. The molecule has 5 aromatic rings. The molecule has 0 atom stereocenters. The monoisotopic (exact) mass is 602 g/mol. The molecule has 0 aliphatic carbocycles. The lowest BCUT2D eigenvalue weighted by Crippen LogP contribution is -2.57. The van der Waals surface area contributed by atoms with Crippen LogP contribution in [0.15, 0.2) is 121 Å². The van der Waals surface area contributed by atoms with Gasteiger partial charge in [-0.05, 0) is 71.3 Å². The maximum Gasteiger partial charge on any atom is 0.343 e. The minimum atomic E-state index is -0.764. The Bertz CT molecular complexity index is 1840. The highest BCUT2D eigenvalue weighted by molar-refractivity contribution is 6.46. The molecule has 1 aliphatic rings. The van der Waals surface area contributed by atoms with Gasteiger partial charge in [-0.3, -0.25) is 9.59 Å². The van der Waals surface area contributed by atoms with Crippen LogP contribution in [0.4, 0.5) is 16.2 Å². The average molecular weight is 603 g/mol. The normalized spacial score (nSPS) is 13.4. The van der Waals surface area contributed by atoms with Gasteiger partial charge in [-0.2, -0.15) is 0 Å². The average Bonchev–Trinajstić information content (AvgIpc) is 3.04. The Morgan fingerprint density at radius 1 is 0.705 bits per heavy atom. The standard InChI is InChI=1S/C36H27ClN2O5/c1-2-43-32-22-24(21-31(37)33(32)44-23-26-14-11-13-25-12-9-10-19-29(25)26)20-30-34(40)38(27-15-5-3-6-16-27)36(42)39(35(30)41)28-17-7-4-8-18-28/h3-22H,2,23H2,1H3. The third kappa shape index (κ3) is 5.53. The van der Waals surface area contributed by atoms with E-state index in [4.69, 9.17) is 21.1 Å². The second-order valence-corrected chi connectivity index (χ2v) is 10.4. The number of benzene rings is 5. The summed E-state index contributed by atoms with van der Waals surface area (Å²) in [5, 5.41) is 2.41. The molecular weight excluding hydrogens is 576 g/mol. The van der Waals surface area contributed by atoms with Crippen LogP contribution in [0.3, 0.4) is 0 Å². The highest BCUT2D eigenvalue weighted by atomic mass is 35.5. The van der Waals surface area contributed by atoms with Gasteiger partial charge in [-0.1, -0.05) is 90.5 Å². The van der Waals surface area contributed by atoms with Crippen molar-refractivity contribution < 1.29 is 23.9 Å². The van der Waals surface area contributed by atoms with Crippen LogP contribution in [0.5, 0.6) is 11.5 Å². The van der Waals surface area contributed by atoms with Crippen molar-refractivity contribution in [3.8, 4) is 11.5 Å². The van der Waals surface area contributed by atoms with Gasteiger partial charge in [-0.25, -0.2) is 14.6 Å². The van der Waals surface area contributed by atoms with Gasteiger partial charge in [0, 0.05) is 0 Å². The van der Waals surface area contributed by atoms with Crippen LogP contribution in [0.1, 0.15) is 18.1 Å². The number of barbiturate groups is 1. The SMILES string of the molecule is CCOc1cc(C=C2C(=O)N(c3ccccc3)C(=O)N(c3ccccc3)C2=O)cc(Cl)c1OCc1cccc2ccccc12. The first-order valence-corrected chi connectivity index (χ1v) is 14.4. The number of rotatable bonds is 8. The topological polar surface area (TPSA) is 76.2 Å². The molecule has 0 aromatic heterocycles. The van der Waals surface area contributed by atoms with Gasteiger partial charge in [0.15, 0.2) is 11.5 Å². The molecule has 8 heteroatoms. The molecule has 1 heterocycles. The Labute approximate surface area is 259 Å². The third-order valence-electron chi connectivity index (χ3n) is 7.17. The first-order chi connectivity index (χ1) is 21.5. The van der Waals surface area contributed by atoms with Gasteiger partial charge >= 0.3 is 6.03 Å². The first-order valence-electron chi connectivity index (χ1n) is 14.1. The smallest absolute Gasteiger partial charge is 0.343 e. The molecule has 5 aromatic carbocycles. The summed E-state index contributed by atoms with van der Waals surface area (Å²) in [6.45, 7) is 2.42. The summed E-state index contributed by atoms with van der Waals surface area (Å²) in [6, 6.07) is 33.5. The van der Waals surface area contributed by atoms with E-state index in [1.807, 2.05) is 49.4 Å². The predicted octanol–water partition coefficient (Wildman–Crippen LogP) is 8.05. The van der Waals surface area contributed by atoms with Crippen molar-refractivity contribution >= 4 is 57.7 Å². The lowest BCUT2D eigenvalue weighted by molar-refractivity contribution is -0.121. The summed E-state index contributed by atoms with van der Waals surface area (Å²) >= 11 is 6.74. The number of para-hydroxylation sites is 2. The highest BCUT2D eigenvalue weighted by Crippen LogP contribution is 2.39. The number of nitrogens with zero attached hydrogens (tertiary/aromatic N) is 2. The molecule has 1 fully saturated rings. The summed E-state index contributed by atoms with van der Waals surface area (Å²) in [5.74, 6) is -0.789. The molecule has 6 rings (SSSR count). The van der Waals surface area contributed by atoms with Crippen molar-refractivity contribution in [3.63, 3.8) is 0 Å². The van der Waals surface area contributed by atoms with Crippen LogP contribution in [0, 0.1) is 0 Å². The number of carbonyl (C=O) groups is 3. The molecule has 0 saturated carbocycles. The first kappa shape index (κ1) is 28.7. The molecule has 4 amide bonds. The van der Waals surface area contributed by atoms with Crippen LogP contribution >= 0.6 is 11.6 Å². The number of amides is 4. The highest BCUT2D eigenvalue weighted by Gasteiger charge is 2.43. The number of hydrogen-bond donors (Lipinski definition) is 0. The fraction of sp³-hybridized carbons (Fsp3) is 0.0833. The van der Waals surface area contributed by atoms with Gasteiger partial charge in [0.05, 0.1) is 23.0 Å². The second kappa shape index (κ2) is 12.5. The van der Waals surface area contributed by atoms with E-state index in [0.29, 0.717) is 35.0 Å². The van der Waals surface area contributed by atoms with E-state index in [0.717, 1.165) is 26.1 Å². The lowest BCUT2D eigenvalue weighted by atomic mass is 10.0. The molecular formula is C36H27ClN2O5. The molecule has 218 valence electrons. The summed E-state index contributed by atoms with van der Waals surface area (Å²) in [5.41, 5.74) is 1.89. The maximum absolute atomic E-state index is 13.8. The van der Waals surface area contributed by atoms with E-state index >= 15 is 0 Å². The maximum atomic E-state index is 13.8. The Hall–Kier alpha value is -5.40. The van der Waals surface area contributed by atoms with Crippen molar-refractivity contribution in [3.05, 3.63) is 137 Å². The Balaban J connectivity index is 1.38. The molecule has 0 spiro atoms. The molecule has 1 aliphatic heterocycles. The van der Waals surface area contributed by atoms with Gasteiger partial charge in [0.2, 0.25) is 0 Å². The van der Waals surface area contributed by atoms with Crippen LogP contribution in [-0.2, 0) is 16.2 Å². The number of carbonyl (C=O) groups excluding carboxylic acids is 3.